The summed E-state index contributed by atoms with van der Waals surface area (Å²) >= 11 is 6.29. The summed E-state index contributed by atoms with van der Waals surface area (Å²) in [5.74, 6) is 0. The number of nitrogens with one attached hydrogen (secondary N) is 1. The quantitative estimate of drug-likeness (QED) is 0.836. The van der Waals surface area contributed by atoms with Crippen molar-refractivity contribution in [3.63, 3.8) is 0 Å². The van der Waals surface area contributed by atoms with Crippen molar-refractivity contribution in [1.29, 1.82) is 0 Å². The Morgan fingerprint density at radius 3 is 2.53 bits per heavy atom. The fraction of sp³-hybridized carbons (Fsp3) is 0.600. The molecule has 1 nitrogen and oxygen atoms in total. The lowest BCUT2D eigenvalue weighted by Gasteiger charge is -2.42. The van der Waals surface area contributed by atoms with Gasteiger partial charge in [0, 0.05) is 10.6 Å². The molecule has 1 fully saturated rings. The third kappa shape index (κ3) is 2.51. The fourth-order valence-corrected chi connectivity index (χ4v) is 3.03. The van der Waals surface area contributed by atoms with Crippen molar-refractivity contribution in [1.82, 2.24) is 5.32 Å². The molecule has 1 aliphatic heterocycles. The fourth-order valence-electron chi connectivity index (χ4n) is 2.83. The van der Waals surface area contributed by atoms with Crippen LogP contribution in [0.5, 0.6) is 0 Å². The lowest BCUT2D eigenvalue weighted by atomic mass is 9.69. The summed E-state index contributed by atoms with van der Waals surface area (Å²) in [7, 11) is 0. The monoisotopic (exact) mass is 251 g/mol. The van der Waals surface area contributed by atoms with E-state index in [1.807, 2.05) is 12.1 Å². The summed E-state index contributed by atoms with van der Waals surface area (Å²) in [6, 6.07) is 8.21. The highest BCUT2D eigenvalue weighted by molar-refractivity contribution is 6.31. The molecule has 1 heterocycles. The molecule has 1 atom stereocenters. The Morgan fingerprint density at radius 2 is 2.00 bits per heavy atom. The maximum Gasteiger partial charge on any atom is 0.0438 e. The standard InChI is InChI=1S/C15H22ClN/c1-14(2,3)15(9-6-10-17-15)11-12-7-4-5-8-13(12)16/h4-5,7-8,17H,6,9-11H2,1-3H3. The number of halogens is 1. The second-order valence-corrected chi connectivity index (χ2v) is 6.54. The maximum atomic E-state index is 6.29. The minimum absolute atomic E-state index is 0.192. The molecule has 1 aromatic rings. The molecule has 1 unspecified atom stereocenters. The summed E-state index contributed by atoms with van der Waals surface area (Å²) in [4.78, 5) is 0. The molecule has 1 N–H and O–H groups in total. The molecule has 17 heavy (non-hydrogen) atoms. The third-order valence-corrected chi connectivity index (χ3v) is 4.50. The van der Waals surface area contributed by atoms with Crippen LogP contribution in [0.3, 0.4) is 0 Å². The highest BCUT2D eigenvalue weighted by Crippen LogP contribution is 2.40. The van der Waals surface area contributed by atoms with Gasteiger partial charge < -0.3 is 5.32 Å². The first kappa shape index (κ1) is 12.9. The van der Waals surface area contributed by atoms with Crippen molar-refractivity contribution in [3.8, 4) is 0 Å². The van der Waals surface area contributed by atoms with Gasteiger partial charge in [-0.15, -0.1) is 0 Å². The van der Waals surface area contributed by atoms with Gasteiger partial charge in [-0.1, -0.05) is 50.6 Å². The number of hydrogen-bond acceptors (Lipinski definition) is 1. The first-order valence-corrected chi connectivity index (χ1v) is 6.81. The molecule has 1 aliphatic rings. The minimum Gasteiger partial charge on any atom is -0.310 e. The van der Waals surface area contributed by atoms with Gasteiger partial charge in [0.1, 0.15) is 0 Å². The molecular formula is C15H22ClN. The van der Waals surface area contributed by atoms with Crippen LogP contribution in [-0.2, 0) is 6.42 Å². The first-order valence-electron chi connectivity index (χ1n) is 6.43. The van der Waals surface area contributed by atoms with Gasteiger partial charge in [0.05, 0.1) is 0 Å². The van der Waals surface area contributed by atoms with Crippen molar-refractivity contribution in [3.05, 3.63) is 34.9 Å². The van der Waals surface area contributed by atoms with Crippen molar-refractivity contribution in [2.75, 3.05) is 6.54 Å². The lowest BCUT2D eigenvalue weighted by Crippen LogP contribution is -2.52. The van der Waals surface area contributed by atoms with Crippen molar-refractivity contribution < 1.29 is 0 Å². The highest BCUT2D eigenvalue weighted by Gasteiger charge is 2.43. The molecule has 0 amide bonds. The van der Waals surface area contributed by atoms with Crippen LogP contribution in [0, 0.1) is 5.41 Å². The van der Waals surface area contributed by atoms with Crippen LogP contribution in [0.1, 0.15) is 39.2 Å². The second-order valence-electron chi connectivity index (χ2n) is 6.13. The van der Waals surface area contributed by atoms with Crippen LogP contribution in [0.2, 0.25) is 5.02 Å². The lowest BCUT2D eigenvalue weighted by molar-refractivity contribution is 0.159. The van der Waals surface area contributed by atoms with E-state index in [1.54, 1.807) is 0 Å². The molecule has 2 rings (SSSR count). The number of benzene rings is 1. The molecule has 0 radical (unpaired) electrons. The predicted octanol–water partition coefficient (Wildman–Crippen LogP) is 4.05. The Balaban J connectivity index is 2.28. The first-order chi connectivity index (χ1) is 7.95. The van der Waals surface area contributed by atoms with E-state index in [1.165, 1.54) is 18.4 Å². The van der Waals surface area contributed by atoms with E-state index in [2.05, 4.69) is 38.2 Å². The van der Waals surface area contributed by atoms with Gasteiger partial charge in [-0.25, -0.2) is 0 Å². The van der Waals surface area contributed by atoms with Crippen molar-refractivity contribution >= 4 is 11.6 Å². The van der Waals surface area contributed by atoms with Gasteiger partial charge >= 0.3 is 0 Å². The van der Waals surface area contributed by atoms with Crippen LogP contribution in [0.15, 0.2) is 24.3 Å². The zero-order valence-electron chi connectivity index (χ0n) is 11.0. The number of hydrogen-bond donors (Lipinski definition) is 1. The largest absolute Gasteiger partial charge is 0.310 e. The van der Waals surface area contributed by atoms with Gasteiger partial charge in [-0.05, 0) is 42.9 Å². The van der Waals surface area contributed by atoms with Crippen molar-refractivity contribution in [2.24, 2.45) is 5.41 Å². The molecule has 0 aliphatic carbocycles. The molecule has 0 spiro atoms. The summed E-state index contributed by atoms with van der Waals surface area (Å²) in [6.07, 6.45) is 3.53. The van der Waals surface area contributed by atoms with Crippen LogP contribution in [0.25, 0.3) is 0 Å². The minimum atomic E-state index is 0.192. The Hall–Kier alpha value is -0.530. The van der Waals surface area contributed by atoms with Crippen LogP contribution in [0.4, 0.5) is 0 Å². The number of rotatable bonds is 2. The van der Waals surface area contributed by atoms with E-state index in [0.717, 1.165) is 18.0 Å². The van der Waals surface area contributed by atoms with E-state index < -0.39 is 0 Å². The molecule has 0 aromatic heterocycles. The van der Waals surface area contributed by atoms with Gasteiger partial charge in [-0.2, -0.15) is 0 Å². The normalized spacial score (nSPS) is 25.2. The molecule has 1 aromatic carbocycles. The Kier molecular flexibility index (Phi) is 3.51. The smallest absolute Gasteiger partial charge is 0.0438 e. The molecular weight excluding hydrogens is 230 g/mol. The summed E-state index contributed by atoms with van der Waals surface area (Å²) in [6.45, 7) is 8.09. The van der Waals surface area contributed by atoms with Crippen LogP contribution in [-0.4, -0.2) is 12.1 Å². The maximum absolute atomic E-state index is 6.29. The van der Waals surface area contributed by atoms with Crippen LogP contribution >= 0.6 is 11.6 Å². The van der Waals surface area contributed by atoms with E-state index in [4.69, 9.17) is 11.6 Å². The topological polar surface area (TPSA) is 12.0 Å². The average Bonchev–Trinajstić information content (AvgIpc) is 2.70. The van der Waals surface area contributed by atoms with Crippen LogP contribution < -0.4 is 5.32 Å². The predicted molar refractivity (Wildman–Crippen MR) is 74.6 cm³/mol. The molecule has 2 heteroatoms. The van der Waals surface area contributed by atoms with Gasteiger partial charge in [0.15, 0.2) is 0 Å². The van der Waals surface area contributed by atoms with E-state index >= 15 is 0 Å². The van der Waals surface area contributed by atoms with E-state index in [0.29, 0.717) is 0 Å². The summed E-state index contributed by atoms with van der Waals surface area (Å²) in [5, 5.41) is 4.62. The van der Waals surface area contributed by atoms with Crippen molar-refractivity contribution in [2.45, 2.75) is 45.6 Å². The Morgan fingerprint density at radius 1 is 1.29 bits per heavy atom. The van der Waals surface area contributed by atoms with E-state index in [9.17, 15) is 0 Å². The molecule has 1 saturated heterocycles. The third-order valence-electron chi connectivity index (χ3n) is 4.13. The molecule has 0 bridgehead atoms. The van der Waals surface area contributed by atoms with E-state index in [-0.39, 0.29) is 11.0 Å². The van der Waals surface area contributed by atoms with Gasteiger partial charge in [-0.3, -0.25) is 0 Å². The summed E-state index contributed by atoms with van der Waals surface area (Å²) in [5.41, 5.74) is 1.71. The second kappa shape index (κ2) is 4.62. The Bertz CT molecular complexity index is 386. The van der Waals surface area contributed by atoms with Gasteiger partial charge in [0.2, 0.25) is 0 Å². The van der Waals surface area contributed by atoms with Gasteiger partial charge in [0.25, 0.3) is 0 Å². The molecule has 0 saturated carbocycles. The summed E-state index contributed by atoms with van der Waals surface area (Å²) < 4.78 is 0. The SMILES string of the molecule is CC(C)(C)C1(Cc2ccccc2Cl)CCCN1. The average molecular weight is 252 g/mol. The Labute approximate surface area is 110 Å². The molecule has 94 valence electrons. The zero-order valence-corrected chi connectivity index (χ0v) is 11.8. The zero-order chi connectivity index (χ0) is 12.5. The highest BCUT2D eigenvalue weighted by atomic mass is 35.5.